The maximum Gasteiger partial charge on any atom is 0.126 e. The molecule has 0 aliphatic carbocycles. The third-order valence-electron chi connectivity index (χ3n) is 3.43. The second kappa shape index (κ2) is 9.26. The number of para-hydroxylation sites is 1. The van der Waals surface area contributed by atoms with Gasteiger partial charge in [0.1, 0.15) is 5.75 Å². The molecule has 1 nitrogen and oxygen atoms in total. The lowest BCUT2D eigenvalue weighted by atomic mass is 10.1. The van der Waals surface area contributed by atoms with E-state index in [9.17, 15) is 0 Å². The van der Waals surface area contributed by atoms with Gasteiger partial charge >= 0.3 is 0 Å². The highest BCUT2D eigenvalue weighted by Crippen LogP contribution is 2.09. The van der Waals surface area contributed by atoms with Gasteiger partial charge < -0.3 is 4.74 Å². The summed E-state index contributed by atoms with van der Waals surface area (Å²) in [4.78, 5) is 0. The number of ether oxygens (including phenoxy) is 1. The van der Waals surface area contributed by atoms with E-state index < -0.39 is 0 Å². The molecule has 0 spiro atoms. The van der Waals surface area contributed by atoms with Gasteiger partial charge in [0.25, 0.3) is 0 Å². The van der Waals surface area contributed by atoms with Gasteiger partial charge in [-0.05, 0) is 48.7 Å². The lowest BCUT2D eigenvalue weighted by Gasteiger charge is -1.98. The van der Waals surface area contributed by atoms with Gasteiger partial charge in [-0.25, -0.2) is 0 Å². The molecule has 0 aromatic heterocycles. The first-order chi connectivity index (χ1) is 11.3. The van der Waals surface area contributed by atoms with Gasteiger partial charge in [0.15, 0.2) is 0 Å². The molecule has 0 amide bonds. The predicted molar refractivity (Wildman–Crippen MR) is 98.5 cm³/mol. The van der Waals surface area contributed by atoms with Crippen LogP contribution in [-0.4, -0.2) is 0 Å². The summed E-state index contributed by atoms with van der Waals surface area (Å²) in [6.07, 6.45) is 3.64. The lowest BCUT2D eigenvalue weighted by molar-refractivity contribution is 0.485. The molecule has 0 bridgehead atoms. The van der Waals surface area contributed by atoms with Crippen LogP contribution in [0.4, 0.5) is 0 Å². The van der Waals surface area contributed by atoms with Crippen molar-refractivity contribution in [2.24, 2.45) is 0 Å². The molecule has 0 atom stereocenters. The molecule has 3 aromatic rings. The van der Waals surface area contributed by atoms with Crippen LogP contribution in [0, 0.1) is 13.8 Å². The fourth-order valence-electron chi connectivity index (χ4n) is 1.92. The standard InChI is InChI=1S/C14H12O.C8H10/c1-3-7-13(8-4-1)11-12-15-14-9-5-2-6-10-14;1-7-5-3-4-6-8(7)2/h1-12H;3-6H,1-2H3. The summed E-state index contributed by atoms with van der Waals surface area (Å²) in [5, 5.41) is 0. The van der Waals surface area contributed by atoms with E-state index in [1.54, 1.807) is 6.26 Å². The molecular weight excluding hydrogens is 280 g/mol. The van der Waals surface area contributed by atoms with Crippen LogP contribution in [0.2, 0.25) is 0 Å². The summed E-state index contributed by atoms with van der Waals surface area (Å²) in [6, 6.07) is 28.1. The minimum absolute atomic E-state index is 0.852. The average Bonchev–Trinajstić information content (AvgIpc) is 2.60. The van der Waals surface area contributed by atoms with Crippen molar-refractivity contribution in [3.05, 3.63) is 108 Å². The van der Waals surface area contributed by atoms with Crippen LogP contribution < -0.4 is 4.74 Å². The first kappa shape index (κ1) is 16.6. The summed E-state index contributed by atoms with van der Waals surface area (Å²) in [7, 11) is 0. The van der Waals surface area contributed by atoms with Crippen molar-refractivity contribution in [1.29, 1.82) is 0 Å². The zero-order valence-electron chi connectivity index (χ0n) is 13.6. The molecule has 3 aromatic carbocycles. The third-order valence-corrected chi connectivity index (χ3v) is 3.43. The zero-order valence-corrected chi connectivity index (χ0v) is 13.6. The van der Waals surface area contributed by atoms with Gasteiger partial charge in [0.05, 0.1) is 6.26 Å². The van der Waals surface area contributed by atoms with Crippen LogP contribution in [0.3, 0.4) is 0 Å². The van der Waals surface area contributed by atoms with Crippen molar-refractivity contribution in [3.63, 3.8) is 0 Å². The highest BCUT2D eigenvalue weighted by molar-refractivity contribution is 5.48. The maximum absolute atomic E-state index is 5.43. The highest BCUT2D eigenvalue weighted by atomic mass is 16.5. The van der Waals surface area contributed by atoms with Gasteiger partial charge in [0, 0.05) is 0 Å². The van der Waals surface area contributed by atoms with Gasteiger partial charge in [0.2, 0.25) is 0 Å². The summed E-state index contributed by atoms with van der Waals surface area (Å²) < 4.78 is 5.43. The smallest absolute Gasteiger partial charge is 0.126 e. The second-order valence-corrected chi connectivity index (χ2v) is 5.23. The van der Waals surface area contributed by atoms with E-state index in [1.807, 2.05) is 66.7 Å². The number of hydrogen-bond acceptors (Lipinski definition) is 1. The molecule has 0 fully saturated rings. The van der Waals surface area contributed by atoms with E-state index in [-0.39, 0.29) is 0 Å². The quantitative estimate of drug-likeness (QED) is 0.536. The lowest BCUT2D eigenvalue weighted by Crippen LogP contribution is -1.80. The van der Waals surface area contributed by atoms with Gasteiger partial charge in [-0.15, -0.1) is 0 Å². The van der Waals surface area contributed by atoms with E-state index in [2.05, 4.69) is 38.1 Å². The summed E-state index contributed by atoms with van der Waals surface area (Å²) in [5.41, 5.74) is 3.87. The Morgan fingerprint density at radius 3 is 1.61 bits per heavy atom. The van der Waals surface area contributed by atoms with E-state index in [1.165, 1.54) is 11.1 Å². The number of rotatable bonds is 3. The average molecular weight is 302 g/mol. The number of benzene rings is 3. The van der Waals surface area contributed by atoms with Crippen LogP contribution in [0.25, 0.3) is 6.08 Å². The minimum atomic E-state index is 0.852. The van der Waals surface area contributed by atoms with Gasteiger partial charge in [-0.3, -0.25) is 0 Å². The Morgan fingerprint density at radius 1 is 0.609 bits per heavy atom. The van der Waals surface area contributed by atoms with E-state index in [4.69, 9.17) is 4.74 Å². The fraction of sp³-hybridized carbons (Fsp3) is 0.0909. The summed E-state index contributed by atoms with van der Waals surface area (Å²) in [5.74, 6) is 0.852. The molecule has 0 aliphatic rings. The van der Waals surface area contributed by atoms with Crippen LogP contribution in [0.15, 0.2) is 91.2 Å². The molecule has 23 heavy (non-hydrogen) atoms. The van der Waals surface area contributed by atoms with Crippen molar-refractivity contribution in [2.45, 2.75) is 13.8 Å². The molecule has 0 saturated carbocycles. The SMILES string of the molecule is C(=Cc1ccccc1)Oc1ccccc1.Cc1ccccc1C. The van der Waals surface area contributed by atoms with Crippen molar-refractivity contribution in [2.75, 3.05) is 0 Å². The molecule has 1 heteroatoms. The maximum atomic E-state index is 5.43. The van der Waals surface area contributed by atoms with Gasteiger partial charge in [-0.1, -0.05) is 72.8 Å². The first-order valence-electron chi connectivity index (χ1n) is 7.71. The molecule has 0 N–H and O–H groups in total. The Labute approximate surface area is 138 Å². The number of hydrogen-bond donors (Lipinski definition) is 0. The third kappa shape index (κ3) is 6.23. The van der Waals surface area contributed by atoms with Crippen molar-refractivity contribution in [3.8, 4) is 5.75 Å². The molecule has 0 heterocycles. The van der Waals surface area contributed by atoms with Crippen LogP contribution in [0.5, 0.6) is 5.75 Å². The fourth-order valence-corrected chi connectivity index (χ4v) is 1.92. The van der Waals surface area contributed by atoms with Crippen molar-refractivity contribution < 1.29 is 4.74 Å². The van der Waals surface area contributed by atoms with Crippen molar-refractivity contribution in [1.82, 2.24) is 0 Å². The van der Waals surface area contributed by atoms with E-state index in [0.29, 0.717) is 0 Å². The Morgan fingerprint density at radius 2 is 1.09 bits per heavy atom. The Kier molecular flexibility index (Phi) is 6.67. The summed E-state index contributed by atoms with van der Waals surface area (Å²) in [6.45, 7) is 4.24. The molecular formula is C22H22O. The molecule has 0 radical (unpaired) electrons. The Balaban J connectivity index is 0.000000203. The van der Waals surface area contributed by atoms with Crippen molar-refractivity contribution >= 4 is 6.08 Å². The topological polar surface area (TPSA) is 9.23 Å². The highest BCUT2D eigenvalue weighted by Gasteiger charge is 1.86. The Bertz CT molecular complexity index is 694. The van der Waals surface area contributed by atoms with E-state index >= 15 is 0 Å². The van der Waals surface area contributed by atoms with Gasteiger partial charge in [-0.2, -0.15) is 0 Å². The monoisotopic (exact) mass is 302 g/mol. The molecule has 116 valence electrons. The van der Waals surface area contributed by atoms with Crippen LogP contribution >= 0.6 is 0 Å². The first-order valence-corrected chi connectivity index (χ1v) is 7.71. The summed E-state index contributed by atoms with van der Waals surface area (Å²) >= 11 is 0. The molecule has 0 aliphatic heterocycles. The van der Waals surface area contributed by atoms with Crippen LogP contribution in [0.1, 0.15) is 16.7 Å². The van der Waals surface area contributed by atoms with E-state index in [0.717, 1.165) is 11.3 Å². The Hall–Kier alpha value is -2.80. The zero-order chi connectivity index (χ0) is 16.3. The minimum Gasteiger partial charge on any atom is -0.465 e. The number of aryl methyl sites for hydroxylation is 2. The second-order valence-electron chi connectivity index (χ2n) is 5.23. The molecule has 3 rings (SSSR count). The largest absolute Gasteiger partial charge is 0.465 e. The predicted octanol–water partition coefficient (Wildman–Crippen LogP) is 6.04. The molecule has 0 unspecified atom stereocenters. The van der Waals surface area contributed by atoms with Crippen LogP contribution in [-0.2, 0) is 0 Å². The normalized spacial score (nSPS) is 10.0. The molecule has 0 saturated heterocycles.